The fraction of sp³-hybridized carbons (Fsp3) is 0.565. The van der Waals surface area contributed by atoms with Crippen LogP contribution in [0.3, 0.4) is 0 Å². The molecule has 0 unspecified atom stereocenters. The smallest absolute Gasteiger partial charge is 0.272 e. The molecule has 1 amide bonds. The number of imidazole rings is 1. The number of aryl methyl sites for hydroxylation is 2. The summed E-state index contributed by atoms with van der Waals surface area (Å²) in [5, 5.41) is 4.33. The molecule has 7 heteroatoms. The number of nitrogens with zero attached hydrogens (tertiary/aromatic N) is 6. The summed E-state index contributed by atoms with van der Waals surface area (Å²) in [5.41, 5.74) is 3.54. The van der Waals surface area contributed by atoms with Gasteiger partial charge < -0.3 is 9.47 Å². The Kier molecular flexibility index (Phi) is 5.05. The molecule has 2 aliphatic rings. The topological polar surface area (TPSA) is 68.8 Å². The van der Waals surface area contributed by atoms with Crippen LogP contribution in [0.4, 0.5) is 0 Å². The Morgan fingerprint density at radius 3 is 2.63 bits per heavy atom. The van der Waals surface area contributed by atoms with Crippen molar-refractivity contribution >= 4 is 17.1 Å². The predicted molar refractivity (Wildman–Crippen MR) is 115 cm³/mol. The molecule has 5 rings (SSSR count). The SMILES string of the molecule is Cc1cc(C(=O)N2CCC(n3c(CC4CCCC4)nc4cccnc43)CC2)n(C)n1. The standard InChI is InChI=1S/C23H30N6O/c1-16-14-20(27(2)26-16)23(30)28-12-9-18(10-13-28)29-21(15-17-6-3-4-7-17)25-19-8-5-11-24-22(19)29/h5,8,11,14,17-18H,3-4,6-7,9-10,12-13,15H2,1-2H3. The minimum Gasteiger partial charge on any atom is -0.337 e. The number of hydrogen-bond donors (Lipinski definition) is 0. The minimum absolute atomic E-state index is 0.0799. The van der Waals surface area contributed by atoms with Gasteiger partial charge in [0.25, 0.3) is 5.91 Å². The molecule has 0 atom stereocenters. The number of likely N-dealkylation sites (tertiary alicyclic amines) is 1. The molecule has 3 aromatic heterocycles. The van der Waals surface area contributed by atoms with Gasteiger partial charge in [-0.1, -0.05) is 25.7 Å². The number of fused-ring (bicyclic) bond motifs is 1. The summed E-state index contributed by atoms with van der Waals surface area (Å²) in [4.78, 5) is 24.6. The highest BCUT2D eigenvalue weighted by molar-refractivity contribution is 5.92. The summed E-state index contributed by atoms with van der Waals surface area (Å²) in [7, 11) is 1.84. The Morgan fingerprint density at radius 1 is 1.17 bits per heavy atom. The van der Waals surface area contributed by atoms with Crippen molar-refractivity contribution in [1.82, 2.24) is 29.2 Å². The van der Waals surface area contributed by atoms with Crippen LogP contribution in [0.2, 0.25) is 0 Å². The quantitative estimate of drug-likeness (QED) is 0.663. The van der Waals surface area contributed by atoms with Gasteiger partial charge in [-0.15, -0.1) is 0 Å². The second-order valence-corrected chi connectivity index (χ2v) is 8.92. The lowest BCUT2D eigenvalue weighted by Gasteiger charge is -2.33. The molecule has 4 heterocycles. The van der Waals surface area contributed by atoms with Gasteiger partial charge in [-0.3, -0.25) is 9.48 Å². The average molecular weight is 407 g/mol. The van der Waals surface area contributed by atoms with Crippen molar-refractivity contribution < 1.29 is 4.79 Å². The number of rotatable bonds is 4. The van der Waals surface area contributed by atoms with Crippen molar-refractivity contribution in [3.8, 4) is 0 Å². The highest BCUT2D eigenvalue weighted by Gasteiger charge is 2.29. The molecular formula is C23H30N6O. The van der Waals surface area contributed by atoms with Crippen LogP contribution < -0.4 is 0 Å². The summed E-state index contributed by atoms with van der Waals surface area (Å²) in [6.45, 7) is 3.43. The molecule has 0 N–H and O–H groups in total. The van der Waals surface area contributed by atoms with Crippen molar-refractivity contribution in [2.24, 2.45) is 13.0 Å². The first-order valence-corrected chi connectivity index (χ1v) is 11.2. The highest BCUT2D eigenvalue weighted by atomic mass is 16.2. The average Bonchev–Trinajstić information content (AvgIpc) is 3.46. The Labute approximate surface area is 177 Å². The van der Waals surface area contributed by atoms with Gasteiger partial charge in [0, 0.05) is 38.8 Å². The number of piperidine rings is 1. The molecule has 2 fully saturated rings. The molecule has 3 aromatic rings. The van der Waals surface area contributed by atoms with E-state index in [0.29, 0.717) is 11.7 Å². The molecule has 1 aliphatic carbocycles. The fourth-order valence-electron chi connectivity index (χ4n) is 5.28. The summed E-state index contributed by atoms with van der Waals surface area (Å²) in [5.74, 6) is 2.01. The Morgan fingerprint density at radius 2 is 1.93 bits per heavy atom. The van der Waals surface area contributed by atoms with Crippen LogP contribution in [0.5, 0.6) is 0 Å². The maximum atomic E-state index is 13.0. The summed E-state index contributed by atoms with van der Waals surface area (Å²) >= 11 is 0. The molecule has 30 heavy (non-hydrogen) atoms. The molecule has 1 saturated carbocycles. The van der Waals surface area contributed by atoms with E-state index in [9.17, 15) is 4.79 Å². The van der Waals surface area contributed by atoms with Gasteiger partial charge in [0.2, 0.25) is 0 Å². The molecule has 1 saturated heterocycles. The Balaban J connectivity index is 1.36. The number of hydrogen-bond acceptors (Lipinski definition) is 4. The van der Waals surface area contributed by atoms with E-state index in [1.54, 1.807) is 4.68 Å². The molecule has 7 nitrogen and oxygen atoms in total. The second-order valence-electron chi connectivity index (χ2n) is 8.92. The Hall–Kier alpha value is -2.70. The fourth-order valence-corrected chi connectivity index (χ4v) is 5.28. The number of aromatic nitrogens is 5. The van der Waals surface area contributed by atoms with Crippen LogP contribution in [0.15, 0.2) is 24.4 Å². The zero-order chi connectivity index (χ0) is 20.7. The lowest BCUT2D eigenvalue weighted by Crippen LogP contribution is -2.40. The van der Waals surface area contributed by atoms with Crippen molar-refractivity contribution in [2.75, 3.05) is 13.1 Å². The zero-order valence-electron chi connectivity index (χ0n) is 17.9. The second kappa shape index (κ2) is 7.85. The van der Waals surface area contributed by atoms with E-state index < -0.39 is 0 Å². The number of pyridine rings is 1. The molecule has 1 aliphatic heterocycles. The van der Waals surface area contributed by atoms with Crippen molar-refractivity contribution in [3.05, 3.63) is 41.6 Å². The first-order chi connectivity index (χ1) is 14.6. The van der Waals surface area contributed by atoms with Crippen LogP contribution in [-0.4, -0.2) is 48.2 Å². The molecule has 0 aromatic carbocycles. The third kappa shape index (κ3) is 3.50. The van der Waals surface area contributed by atoms with Gasteiger partial charge in [-0.05, 0) is 43.9 Å². The van der Waals surface area contributed by atoms with Crippen LogP contribution >= 0.6 is 0 Å². The number of amides is 1. The number of carbonyl (C=O) groups excluding carboxylic acids is 1. The van der Waals surface area contributed by atoms with Gasteiger partial charge in [-0.25, -0.2) is 9.97 Å². The normalized spacial score (nSPS) is 18.5. The van der Waals surface area contributed by atoms with E-state index >= 15 is 0 Å². The highest BCUT2D eigenvalue weighted by Crippen LogP contribution is 2.33. The van der Waals surface area contributed by atoms with E-state index in [4.69, 9.17) is 4.98 Å². The molecule has 0 bridgehead atoms. The largest absolute Gasteiger partial charge is 0.337 e. The van der Waals surface area contributed by atoms with Crippen LogP contribution in [0, 0.1) is 12.8 Å². The van der Waals surface area contributed by atoms with E-state index in [0.717, 1.165) is 55.1 Å². The third-order valence-electron chi connectivity index (χ3n) is 6.81. The summed E-state index contributed by atoms with van der Waals surface area (Å²) in [6, 6.07) is 6.26. The third-order valence-corrected chi connectivity index (χ3v) is 6.81. The minimum atomic E-state index is 0.0799. The first kappa shape index (κ1) is 19.3. The maximum absolute atomic E-state index is 13.0. The van der Waals surface area contributed by atoms with Crippen molar-refractivity contribution in [2.45, 2.75) is 57.9 Å². The molecule has 158 valence electrons. The molecular weight excluding hydrogens is 376 g/mol. The maximum Gasteiger partial charge on any atom is 0.272 e. The number of carbonyl (C=O) groups is 1. The van der Waals surface area contributed by atoms with Gasteiger partial charge in [0.05, 0.1) is 5.69 Å². The lowest BCUT2D eigenvalue weighted by atomic mass is 10.0. The Bertz CT molecular complexity index is 1050. The molecule has 0 radical (unpaired) electrons. The summed E-state index contributed by atoms with van der Waals surface area (Å²) in [6.07, 6.45) is 10.1. The van der Waals surface area contributed by atoms with E-state index in [1.165, 1.54) is 31.5 Å². The van der Waals surface area contributed by atoms with Crippen LogP contribution in [0.25, 0.3) is 11.2 Å². The van der Waals surface area contributed by atoms with Crippen molar-refractivity contribution in [3.63, 3.8) is 0 Å². The van der Waals surface area contributed by atoms with Gasteiger partial charge in [0.1, 0.15) is 17.0 Å². The van der Waals surface area contributed by atoms with E-state index in [-0.39, 0.29) is 5.91 Å². The van der Waals surface area contributed by atoms with Crippen LogP contribution in [0.1, 0.15) is 66.6 Å². The summed E-state index contributed by atoms with van der Waals surface area (Å²) < 4.78 is 4.08. The van der Waals surface area contributed by atoms with Gasteiger partial charge >= 0.3 is 0 Å². The van der Waals surface area contributed by atoms with Gasteiger partial charge in [0.15, 0.2) is 5.65 Å². The van der Waals surface area contributed by atoms with Gasteiger partial charge in [-0.2, -0.15) is 5.10 Å². The molecule has 0 spiro atoms. The monoisotopic (exact) mass is 406 g/mol. The van der Waals surface area contributed by atoms with Crippen molar-refractivity contribution in [1.29, 1.82) is 0 Å². The van der Waals surface area contributed by atoms with Crippen LogP contribution in [-0.2, 0) is 13.5 Å². The lowest BCUT2D eigenvalue weighted by molar-refractivity contribution is 0.0683. The van der Waals surface area contributed by atoms with E-state index in [1.807, 2.05) is 37.2 Å². The first-order valence-electron chi connectivity index (χ1n) is 11.2. The predicted octanol–water partition coefficient (Wildman–Crippen LogP) is 3.68. The zero-order valence-corrected chi connectivity index (χ0v) is 17.9. The van der Waals surface area contributed by atoms with E-state index in [2.05, 4.69) is 20.7 Å².